The van der Waals surface area contributed by atoms with Crippen molar-refractivity contribution >= 4 is 11.8 Å². The molecular weight excluding hydrogens is 298 g/mol. The standard InChI is InChI=1S/C17H19NO5/c1-21-10-4-3-9(7-12(10)22-2)8-17-6-5-11(23-17)13-14(17)16(20)18-15(13)19/h3-4,7,11,13-14H,5-6,8H2,1-2H3,(H,18,19,20). The third-order valence-corrected chi connectivity index (χ3v) is 5.35. The minimum atomic E-state index is -0.578. The van der Waals surface area contributed by atoms with Crippen LogP contribution >= 0.6 is 0 Å². The van der Waals surface area contributed by atoms with Gasteiger partial charge in [0, 0.05) is 6.42 Å². The van der Waals surface area contributed by atoms with Crippen LogP contribution in [-0.2, 0) is 20.7 Å². The monoisotopic (exact) mass is 317 g/mol. The number of nitrogens with one attached hydrogen (secondary N) is 1. The van der Waals surface area contributed by atoms with Crippen molar-refractivity contribution in [2.45, 2.75) is 31.0 Å². The fourth-order valence-corrected chi connectivity index (χ4v) is 4.41. The molecule has 23 heavy (non-hydrogen) atoms. The molecule has 3 aliphatic heterocycles. The van der Waals surface area contributed by atoms with Crippen LogP contribution in [0.1, 0.15) is 18.4 Å². The number of fused-ring (bicyclic) bond motifs is 5. The zero-order valence-corrected chi connectivity index (χ0v) is 13.1. The molecule has 0 radical (unpaired) electrons. The summed E-state index contributed by atoms with van der Waals surface area (Å²) in [5.41, 5.74) is 0.432. The molecule has 0 aromatic heterocycles. The molecule has 0 aliphatic carbocycles. The summed E-state index contributed by atoms with van der Waals surface area (Å²) in [6.45, 7) is 0. The molecule has 3 saturated heterocycles. The molecular formula is C17H19NO5. The van der Waals surface area contributed by atoms with Crippen LogP contribution in [0.15, 0.2) is 18.2 Å². The van der Waals surface area contributed by atoms with Gasteiger partial charge in [0.1, 0.15) is 0 Å². The van der Waals surface area contributed by atoms with Gasteiger partial charge in [-0.1, -0.05) is 6.07 Å². The molecule has 0 spiro atoms. The van der Waals surface area contributed by atoms with Crippen LogP contribution in [0.2, 0.25) is 0 Å². The Labute approximate surface area is 134 Å². The Morgan fingerprint density at radius 2 is 2.00 bits per heavy atom. The number of hydrogen-bond acceptors (Lipinski definition) is 5. The number of rotatable bonds is 4. The van der Waals surface area contributed by atoms with Crippen LogP contribution < -0.4 is 14.8 Å². The van der Waals surface area contributed by atoms with Crippen molar-refractivity contribution in [3.63, 3.8) is 0 Å². The number of methoxy groups -OCH3 is 2. The molecule has 2 bridgehead atoms. The van der Waals surface area contributed by atoms with E-state index >= 15 is 0 Å². The van der Waals surface area contributed by atoms with Gasteiger partial charge >= 0.3 is 0 Å². The first-order valence-corrected chi connectivity index (χ1v) is 7.81. The van der Waals surface area contributed by atoms with Crippen molar-refractivity contribution in [3.05, 3.63) is 23.8 Å². The summed E-state index contributed by atoms with van der Waals surface area (Å²) in [6, 6.07) is 5.71. The zero-order valence-electron chi connectivity index (χ0n) is 13.1. The summed E-state index contributed by atoms with van der Waals surface area (Å²) in [4.78, 5) is 24.2. The Kier molecular flexibility index (Phi) is 3.13. The van der Waals surface area contributed by atoms with Crippen LogP contribution in [0, 0.1) is 11.8 Å². The third kappa shape index (κ3) is 1.97. The number of hydrogen-bond donors (Lipinski definition) is 1. The Hall–Kier alpha value is -2.08. The van der Waals surface area contributed by atoms with Gasteiger partial charge in [-0.2, -0.15) is 0 Å². The van der Waals surface area contributed by atoms with E-state index in [9.17, 15) is 9.59 Å². The second-order valence-electron chi connectivity index (χ2n) is 6.48. The highest BCUT2D eigenvalue weighted by Crippen LogP contribution is 2.54. The molecule has 6 nitrogen and oxygen atoms in total. The molecule has 3 heterocycles. The van der Waals surface area contributed by atoms with Crippen LogP contribution in [0.4, 0.5) is 0 Å². The van der Waals surface area contributed by atoms with E-state index in [0.29, 0.717) is 17.9 Å². The van der Waals surface area contributed by atoms with Crippen molar-refractivity contribution in [2.24, 2.45) is 11.8 Å². The second kappa shape index (κ2) is 4.96. The maximum atomic E-state index is 12.2. The molecule has 1 aromatic carbocycles. The molecule has 1 aromatic rings. The third-order valence-electron chi connectivity index (χ3n) is 5.35. The molecule has 0 saturated carbocycles. The normalized spacial score (nSPS) is 34.4. The number of ether oxygens (including phenoxy) is 3. The van der Waals surface area contributed by atoms with Gasteiger partial charge in [0.15, 0.2) is 11.5 Å². The van der Waals surface area contributed by atoms with Crippen molar-refractivity contribution in [3.8, 4) is 11.5 Å². The summed E-state index contributed by atoms with van der Waals surface area (Å²) in [5, 5.41) is 2.47. The number of imide groups is 1. The highest BCUT2D eigenvalue weighted by Gasteiger charge is 2.67. The van der Waals surface area contributed by atoms with E-state index in [1.54, 1.807) is 14.2 Å². The van der Waals surface area contributed by atoms with Crippen LogP contribution in [-0.4, -0.2) is 37.7 Å². The second-order valence-corrected chi connectivity index (χ2v) is 6.48. The number of amides is 2. The summed E-state index contributed by atoms with van der Waals surface area (Å²) >= 11 is 0. The lowest BCUT2D eigenvalue weighted by Gasteiger charge is -2.30. The molecule has 2 amide bonds. The lowest BCUT2D eigenvalue weighted by molar-refractivity contribution is -0.131. The van der Waals surface area contributed by atoms with Gasteiger partial charge in [-0.3, -0.25) is 14.9 Å². The number of carbonyl (C=O) groups is 2. The summed E-state index contributed by atoms with van der Waals surface area (Å²) in [5.74, 6) is 0.245. The van der Waals surface area contributed by atoms with E-state index in [0.717, 1.165) is 18.4 Å². The molecule has 4 atom stereocenters. The molecule has 4 rings (SSSR count). The summed E-state index contributed by atoms with van der Waals surface area (Å²) in [7, 11) is 3.19. The average molecular weight is 317 g/mol. The van der Waals surface area contributed by atoms with E-state index in [1.807, 2.05) is 18.2 Å². The van der Waals surface area contributed by atoms with Gasteiger partial charge in [-0.25, -0.2) is 0 Å². The molecule has 3 aliphatic rings. The van der Waals surface area contributed by atoms with E-state index in [1.165, 1.54) is 0 Å². The number of benzene rings is 1. The van der Waals surface area contributed by atoms with E-state index < -0.39 is 5.60 Å². The highest BCUT2D eigenvalue weighted by atomic mass is 16.5. The van der Waals surface area contributed by atoms with Gasteiger partial charge in [0.25, 0.3) is 0 Å². The van der Waals surface area contributed by atoms with Crippen LogP contribution in [0.25, 0.3) is 0 Å². The largest absolute Gasteiger partial charge is 0.493 e. The fraction of sp³-hybridized carbons (Fsp3) is 0.529. The predicted molar refractivity (Wildman–Crippen MR) is 80.2 cm³/mol. The Balaban J connectivity index is 1.66. The van der Waals surface area contributed by atoms with Crippen molar-refractivity contribution < 1.29 is 23.8 Å². The minimum absolute atomic E-state index is 0.133. The van der Waals surface area contributed by atoms with Gasteiger partial charge in [0.2, 0.25) is 11.8 Å². The maximum Gasteiger partial charge on any atom is 0.233 e. The quantitative estimate of drug-likeness (QED) is 0.841. The van der Waals surface area contributed by atoms with Crippen molar-refractivity contribution in [2.75, 3.05) is 14.2 Å². The molecule has 3 fully saturated rings. The predicted octanol–water partition coefficient (Wildman–Crippen LogP) is 1.07. The Morgan fingerprint density at radius 1 is 1.22 bits per heavy atom. The number of carbonyl (C=O) groups excluding carboxylic acids is 2. The Morgan fingerprint density at radius 3 is 2.74 bits per heavy atom. The van der Waals surface area contributed by atoms with E-state index in [2.05, 4.69) is 5.32 Å². The topological polar surface area (TPSA) is 73.9 Å². The van der Waals surface area contributed by atoms with E-state index in [4.69, 9.17) is 14.2 Å². The van der Waals surface area contributed by atoms with Crippen LogP contribution in [0.3, 0.4) is 0 Å². The Bertz CT molecular complexity index is 688. The average Bonchev–Trinajstić information content (AvgIpc) is 3.18. The van der Waals surface area contributed by atoms with Gasteiger partial charge in [-0.05, 0) is 30.5 Å². The smallest absolute Gasteiger partial charge is 0.233 e. The molecule has 4 unspecified atom stereocenters. The van der Waals surface area contributed by atoms with Gasteiger partial charge in [-0.15, -0.1) is 0 Å². The van der Waals surface area contributed by atoms with E-state index in [-0.39, 0.29) is 29.8 Å². The highest BCUT2D eigenvalue weighted by molar-refractivity contribution is 6.06. The first kappa shape index (κ1) is 14.5. The zero-order chi connectivity index (χ0) is 16.2. The first-order valence-electron chi connectivity index (χ1n) is 7.81. The molecule has 122 valence electrons. The lowest BCUT2D eigenvalue weighted by Crippen LogP contribution is -2.42. The first-order chi connectivity index (χ1) is 11.1. The van der Waals surface area contributed by atoms with Crippen molar-refractivity contribution in [1.29, 1.82) is 0 Å². The fourth-order valence-electron chi connectivity index (χ4n) is 4.41. The maximum absolute atomic E-state index is 12.2. The molecule has 6 heteroatoms. The van der Waals surface area contributed by atoms with Gasteiger partial charge < -0.3 is 14.2 Å². The van der Waals surface area contributed by atoms with Crippen LogP contribution in [0.5, 0.6) is 11.5 Å². The lowest BCUT2D eigenvalue weighted by atomic mass is 9.70. The van der Waals surface area contributed by atoms with Crippen molar-refractivity contribution in [1.82, 2.24) is 5.32 Å². The minimum Gasteiger partial charge on any atom is -0.493 e. The van der Waals surface area contributed by atoms with Gasteiger partial charge in [0.05, 0.1) is 37.8 Å². The molecule has 1 N–H and O–H groups in total. The summed E-state index contributed by atoms with van der Waals surface area (Å²) in [6.07, 6.45) is 2.08. The SMILES string of the molecule is COc1ccc(CC23CCC(O2)C2C(=O)NC(=O)C23)cc1OC. The summed E-state index contributed by atoms with van der Waals surface area (Å²) < 4.78 is 16.7.